The first-order valence-corrected chi connectivity index (χ1v) is 13.7. The van der Waals surface area contributed by atoms with E-state index in [9.17, 15) is 0 Å². The molecule has 0 fully saturated rings. The minimum Gasteiger partial charge on any atom is -0.326 e. The summed E-state index contributed by atoms with van der Waals surface area (Å²) in [6.07, 6.45) is 0. The maximum Gasteiger partial charge on any atom is 0.0208 e. The summed E-state index contributed by atoms with van der Waals surface area (Å²) in [6.45, 7) is 6.49. The van der Waals surface area contributed by atoms with Crippen molar-refractivity contribution in [3.05, 3.63) is 141 Å². The van der Waals surface area contributed by atoms with Crippen LogP contribution in [0.15, 0.2) is 91.0 Å². The van der Waals surface area contributed by atoms with E-state index in [2.05, 4.69) is 107 Å². The van der Waals surface area contributed by atoms with Crippen LogP contribution in [-0.2, 0) is 58.9 Å². The lowest BCUT2D eigenvalue weighted by Crippen LogP contribution is -2.17. The molecule has 0 unspecified atom stereocenters. The smallest absolute Gasteiger partial charge is 0.0208 e. The fraction of sp³-hybridized carbons (Fsp3) is 0.273. The topological polar surface area (TPSA) is 114 Å². The van der Waals surface area contributed by atoms with Gasteiger partial charge in [-0.25, -0.2) is 0 Å². The average Bonchev–Trinajstić information content (AvgIpc) is 2.97. The van der Waals surface area contributed by atoms with Crippen LogP contribution in [0.4, 0.5) is 0 Å². The third kappa shape index (κ3) is 9.41. The second kappa shape index (κ2) is 15.3. The largest absolute Gasteiger partial charge is 0.326 e. The summed E-state index contributed by atoms with van der Waals surface area (Å²) in [4.78, 5) is 0. The van der Waals surface area contributed by atoms with Crippen molar-refractivity contribution in [2.24, 2.45) is 17.2 Å². The van der Waals surface area contributed by atoms with Crippen LogP contribution in [0.3, 0.4) is 0 Å². The summed E-state index contributed by atoms with van der Waals surface area (Å²) in [6, 6.07) is 32.2. The zero-order valence-corrected chi connectivity index (χ0v) is 22.8. The van der Waals surface area contributed by atoms with Crippen molar-refractivity contribution in [2.45, 2.75) is 58.9 Å². The molecular formula is C33H42N6. The zero-order valence-electron chi connectivity index (χ0n) is 22.8. The Morgan fingerprint density at radius 1 is 0.333 bits per heavy atom. The van der Waals surface area contributed by atoms with Crippen LogP contribution in [-0.4, -0.2) is 0 Å². The van der Waals surface area contributed by atoms with Crippen molar-refractivity contribution in [2.75, 3.05) is 0 Å². The molecule has 9 N–H and O–H groups in total. The number of hydrogen-bond acceptors (Lipinski definition) is 6. The highest BCUT2D eigenvalue weighted by Crippen LogP contribution is 2.13. The summed E-state index contributed by atoms with van der Waals surface area (Å²) in [5.41, 5.74) is 28.5. The second-order valence-corrected chi connectivity index (χ2v) is 10.0. The van der Waals surface area contributed by atoms with Gasteiger partial charge in [0.25, 0.3) is 0 Å². The molecule has 0 atom stereocenters. The van der Waals surface area contributed by atoms with Crippen LogP contribution >= 0.6 is 0 Å². The molecule has 39 heavy (non-hydrogen) atoms. The number of nitrogens with two attached hydrogens (primary N) is 3. The second-order valence-electron chi connectivity index (χ2n) is 10.0. The van der Waals surface area contributed by atoms with Gasteiger partial charge < -0.3 is 33.2 Å². The van der Waals surface area contributed by atoms with Gasteiger partial charge in [0.2, 0.25) is 0 Å². The van der Waals surface area contributed by atoms with Gasteiger partial charge in [-0.15, -0.1) is 0 Å². The maximum atomic E-state index is 5.81. The Hall–Kier alpha value is -3.36. The Bertz CT molecular complexity index is 1150. The lowest BCUT2D eigenvalue weighted by atomic mass is 10.0. The Labute approximate surface area is 233 Å². The first kappa shape index (κ1) is 28.6. The molecule has 0 heterocycles. The Kier molecular flexibility index (Phi) is 11.2. The number of rotatable bonds is 15. The highest BCUT2D eigenvalue weighted by Gasteiger charge is 2.05. The summed E-state index contributed by atoms with van der Waals surface area (Å²) < 4.78 is 0. The molecule has 0 amide bonds. The molecule has 4 rings (SSSR count). The molecule has 0 radical (unpaired) electrons. The third-order valence-electron chi connectivity index (χ3n) is 6.77. The van der Waals surface area contributed by atoms with E-state index in [-0.39, 0.29) is 0 Å². The monoisotopic (exact) mass is 522 g/mol. The molecule has 4 aromatic rings. The summed E-state index contributed by atoms with van der Waals surface area (Å²) >= 11 is 0. The highest BCUT2D eigenvalue weighted by atomic mass is 14.9. The van der Waals surface area contributed by atoms with Crippen molar-refractivity contribution in [3.63, 3.8) is 0 Å². The van der Waals surface area contributed by atoms with E-state index >= 15 is 0 Å². The zero-order chi connectivity index (χ0) is 27.3. The molecule has 204 valence electrons. The van der Waals surface area contributed by atoms with Crippen LogP contribution in [0.1, 0.15) is 50.1 Å². The average molecular weight is 523 g/mol. The molecule has 6 nitrogen and oxygen atoms in total. The molecule has 0 aromatic heterocycles. The van der Waals surface area contributed by atoms with Gasteiger partial charge in [0.15, 0.2) is 0 Å². The van der Waals surface area contributed by atoms with Crippen LogP contribution in [0.5, 0.6) is 0 Å². The quantitative estimate of drug-likeness (QED) is 0.141. The molecule has 0 bridgehead atoms. The van der Waals surface area contributed by atoms with Crippen molar-refractivity contribution < 1.29 is 0 Å². The van der Waals surface area contributed by atoms with Gasteiger partial charge in [0, 0.05) is 58.9 Å². The van der Waals surface area contributed by atoms with Crippen LogP contribution in [0.2, 0.25) is 0 Å². The Morgan fingerprint density at radius 2 is 0.564 bits per heavy atom. The number of nitrogens with one attached hydrogen (secondary N) is 3. The molecule has 4 aromatic carbocycles. The predicted molar refractivity (Wildman–Crippen MR) is 161 cm³/mol. The van der Waals surface area contributed by atoms with Crippen molar-refractivity contribution >= 4 is 0 Å². The molecule has 0 aliphatic heterocycles. The fourth-order valence-corrected chi connectivity index (χ4v) is 4.80. The van der Waals surface area contributed by atoms with E-state index in [1.165, 1.54) is 33.4 Å². The van der Waals surface area contributed by atoms with Gasteiger partial charge >= 0.3 is 0 Å². The molecule has 0 saturated heterocycles. The van der Waals surface area contributed by atoms with Gasteiger partial charge in [-0.05, 0) is 50.1 Å². The van der Waals surface area contributed by atoms with Crippen molar-refractivity contribution in [1.82, 2.24) is 16.0 Å². The van der Waals surface area contributed by atoms with Crippen molar-refractivity contribution in [3.8, 4) is 0 Å². The minimum absolute atomic E-state index is 0.562. The van der Waals surface area contributed by atoms with Crippen LogP contribution in [0, 0.1) is 0 Å². The highest BCUT2D eigenvalue weighted by molar-refractivity contribution is 5.31. The Morgan fingerprint density at radius 3 is 0.846 bits per heavy atom. The third-order valence-corrected chi connectivity index (χ3v) is 6.77. The number of hydrogen-bond donors (Lipinski definition) is 6. The molecule has 0 saturated carbocycles. The lowest BCUT2D eigenvalue weighted by molar-refractivity contribution is 0.668. The van der Waals surface area contributed by atoms with E-state index in [1.54, 1.807) is 0 Å². The summed E-state index contributed by atoms with van der Waals surface area (Å²) in [5, 5.41) is 10.8. The Balaban J connectivity index is 1.39. The van der Waals surface area contributed by atoms with E-state index in [1.807, 2.05) is 0 Å². The minimum atomic E-state index is 0.562. The first-order chi connectivity index (χ1) is 19.1. The first-order valence-electron chi connectivity index (χ1n) is 13.7. The molecule has 0 spiro atoms. The van der Waals surface area contributed by atoms with E-state index in [0.717, 1.165) is 56.0 Å². The van der Waals surface area contributed by atoms with Crippen LogP contribution < -0.4 is 33.2 Å². The predicted octanol–water partition coefficient (Wildman–Crippen LogP) is 3.93. The van der Waals surface area contributed by atoms with Gasteiger partial charge in [0.05, 0.1) is 0 Å². The molecule has 6 heteroatoms. The summed E-state index contributed by atoms with van der Waals surface area (Å²) in [5.74, 6) is 0. The maximum absolute atomic E-state index is 5.81. The van der Waals surface area contributed by atoms with E-state index in [4.69, 9.17) is 17.2 Å². The van der Waals surface area contributed by atoms with E-state index in [0.29, 0.717) is 19.6 Å². The number of benzene rings is 4. The lowest BCUT2D eigenvalue weighted by Gasteiger charge is -2.13. The van der Waals surface area contributed by atoms with Crippen LogP contribution in [0.25, 0.3) is 0 Å². The SMILES string of the molecule is NCc1cccc(CNCc2cc(CNCc3cccc(CN)c3)cc(CNCc3cccc(CN)c3)c2)c1. The molecule has 0 aliphatic rings. The molecule has 0 aliphatic carbocycles. The van der Waals surface area contributed by atoms with Crippen molar-refractivity contribution in [1.29, 1.82) is 0 Å². The fourth-order valence-electron chi connectivity index (χ4n) is 4.80. The summed E-state index contributed by atoms with van der Waals surface area (Å²) in [7, 11) is 0. The normalized spacial score (nSPS) is 11.2. The van der Waals surface area contributed by atoms with Gasteiger partial charge in [0.1, 0.15) is 0 Å². The molecular weight excluding hydrogens is 480 g/mol. The van der Waals surface area contributed by atoms with Gasteiger partial charge in [-0.2, -0.15) is 0 Å². The van der Waals surface area contributed by atoms with E-state index < -0.39 is 0 Å². The van der Waals surface area contributed by atoms with Gasteiger partial charge in [-0.3, -0.25) is 0 Å². The van der Waals surface area contributed by atoms with Gasteiger partial charge in [-0.1, -0.05) is 91.0 Å². The standard InChI is InChI=1S/C33H42N6/c34-16-25-4-1-7-28(10-25)19-37-22-31-13-32(23-38-20-29-8-2-5-26(11-29)17-35)15-33(14-31)24-39-21-30-9-3-6-27(12-30)18-36/h1-15,37-39H,16-24,34-36H2.